The van der Waals surface area contributed by atoms with E-state index in [2.05, 4.69) is 5.32 Å². The number of carbonyl (C=O) groups excluding carboxylic acids is 2. The van der Waals surface area contributed by atoms with E-state index in [4.69, 9.17) is 4.74 Å². The van der Waals surface area contributed by atoms with Gasteiger partial charge in [-0.2, -0.15) is 0 Å². The van der Waals surface area contributed by atoms with Gasteiger partial charge in [0, 0.05) is 37.0 Å². The van der Waals surface area contributed by atoms with Gasteiger partial charge in [0.15, 0.2) is 0 Å². The molecule has 2 aromatic carbocycles. The quantitative estimate of drug-likeness (QED) is 0.384. The molecule has 1 N–H and O–H groups in total. The molecule has 1 atom stereocenters. The van der Waals surface area contributed by atoms with Crippen LogP contribution in [0, 0.1) is 24.0 Å². The average Bonchev–Trinajstić information content (AvgIpc) is 3.28. The molecule has 0 spiro atoms. The summed E-state index contributed by atoms with van der Waals surface area (Å²) in [6.45, 7) is 4.79. The number of ether oxygens (including phenoxy) is 1. The van der Waals surface area contributed by atoms with Crippen LogP contribution in [0.2, 0.25) is 0 Å². The first kappa shape index (κ1) is 23.1. The number of benzene rings is 2. The average molecular weight is 437 g/mol. The van der Waals surface area contributed by atoms with Gasteiger partial charge < -0.3 is 15.0 Å². The molecule has 1 aliphatic rings. The molecule has 0 saturated carbocycles. The Balaban J connectivity index is 1.69. The van der Waals surface area contributed by atoms with Crippen LogP contribution in [-0.4, -0.2) is 47.4 Å². The van der Waals surface area contributed by atoms with Gasteiger partial charge in [-0.25, -0.2) is 0 Å². The van der Waals surface area contributed by atoms with Crippen molar-refractivity contribution in [2.24, 2.45) is 0 Å². The molecule has 0 bridgehead atoms. The van der Waals surface area contributed by atoms with E-state index in [9.17, 15) is 19.7 Å². The Labute approximate surface area is 187 Å². The van der Waals surface area contributed by atoms with E-state index >= 15 is 0 Å². The van der Waals surface area contributed by atoms with Gasteiger partial charge in [-0.1, -0.05) is 12.1 Å². The number of nitrogens with one attached hydrogen (secondary N) is 1. The topological polar surface area (TPSA) is 102 Å². The highest BCUT2D eigenvalue weighted by Gasteiger charge is 2.23. The van der Waals surface area contributed by atoms with Crippen molar-refractivity contribution in [3.8, 4) is 0 Å². The molecule has 1 unspecified atom stereocenters. The standard InChI is InChI=1S/C24H27N3O5/c1-17-5-3-7-22(18(17)2)25-23(28)16-26(15-21-6-4-14-32-21)24(29)13-10-19-8-11-20(12-9-19)27(30)31/h3,5,7-13,21H,4,6,14-16H2,1-2H3,(H,25,28)/b13-10+. The van der Waals surface area contributed by atoms with E-state index < -0.39 is 4.92 Å². The maximum absolute atomic E-state index is 12.9. The van der Waals surface area contributed by atoms with Crippen LogP contribution in [0.5, 0.6) is 0 Å². The zero-order valence-corrected chi connectivity index (χ0v) is 18.2. The highest BCUT2D eigenvalue weighted by molar-refractivity contribution is 5.98. The van der Waals surface area contributed by atoms with Crippen molar-refractivity contribution in [2.75, 3.05) is 25.0 Å². The molecule has 1 heterocycles. The van der Waals surface area contributed by atoms with E-state index in [1.165, 1.54) is 23.1 Å². The number of nitro benzene ring substituents is 1. The van der Waals surface area contributed by atoms with Crippen molar-refractivity contribution in [1.29, 1.82) is 0 Å². The fourth-order valence-corrected chi connectivity index (χ4v) is 3.50. The Morgan fingerprint density at radius 1 is 1.22 bits per heavy atom. The zero-order valence-electron chi connectivity index (χ0n) is 18.2. The summed E-state index contributed by atoms with van der Waals surface area (Å²) >= 11 is 0. The van der Waals surface area contributed by atoms with Crippen molar-refractivity contribution in [2.45, 2.75) is 32.8 Å². The number of nitrogens with zero attached hydrogens (tertiary/aromatic N) is 2. The molecule has 0 aliphatic carbocycles. The van der Waals surface area contributed by atoms with E-state index in [-0.39, 0.29) is 30.2 Å². The Morgan fingerprint density at radius 3 is 2.62 bits per heavy atom. The zero-order chi connectivity index (χ0) is 23.1. The van der Waals surface area contributed by atoms with Crippen molar-refractivity contribution < 1.29 is 19.2 Å². The molecule has 168 valence electrons. The molecule has 0 aromatic heterocycles. The van der Waals surface area contributed by atoms with Crippen LogP contribution in [0.15, 0.2) is 48.5 Å². The lowest BCUT2D eigenvalue weighted by Gasteiger charge is -2.24. The van der Waals surface area contributed by atoms with Crippen molar-refractivity contribution >= 4 is 29.3 Å². The summed E-state index contributed by atoms with van der Waals surface area (Å²) in [6, 6.07) is 11.6. The minimum Gasteiger partial charge on any atom is -0.376 e. The molecular formula is C24H27N3O5. The van der Waals surface area contributed by atoms with E-state index in [0.29, 0.717) is 18.7 Å². The minimum absolute atomic E-state index is 0.0170. The summed E-state index contributed by atoms with van der Waals surface area (Å²) in [5.41, 5.74) is 3.41. The first-order valence-corrected chi connectivity index (χ1v) is 10.5. The lowest BCUT2D eigenvalue weighted by Crippen LogP contribution is -2.41. The highest BCUT2D eigenvalue weighted by atomic mass is 16.6. The van der Waals surface area contributed by atoms with Crippen LogP contribution in [0.1, 0.15) is 29.5 Å². The first-order valence-electron chi connectivity index (χ1n) is 10.5. The van der Waals surface area contributed by atoms with Gasteiger partial charge in [-0.3, -0.25) is 19.7 Å². The fraction of sp³-hybridized carbons (Fsp3) is 0.333. The van der Waals surface area contributed by atoms with Crippen LogP contribution in [0.3, 0.4) is 0 Å². The summed E-state index contributed by atoms with van der Waals surface area (Å²) < 4.78 is 5.65. The molecule has 32 heavy (non-hydrogen) atoms. The normalized spacial score (nSPS) is 15.6. The Kier molecular flexibility index (Phi) is 7.72. The molecule has 8 heteroatoms. The van der Waals surface area contributed by atoms with Crippen LogP contribution >= 0.6 is 0 Å². The smallest absolute Gasteiger partial charge is 0.269 e. The third kappa shape index (κ3) is 6.24. The van der Waals surface area contributed by atoms with Crippen LogP contribution in [0.25, 0.3) is 6.08 Å². The number of hydrogen-bond acceptors (Lipinski definition) is 5. The van der Waals surface area contributed by atoms with Crippen LogP contribution in [0.4, 0.5) is 11.4 Å². The van der Waals surface area contributed by atoms with Gasteiger partial charge in [0.2, 0.25) is 11.8 Å². The van der Waals surface area contributed by atoms with Gasteiger partial charge in [-0.15, -0.1) is 0 Å². The SMILES string of the molecule is Cc1cccc(NC(=O)CN(CC2CCCO2)C(=O)/C=C/c2ccc([N+](=O)[O-])cc2)c1C. The molecule has 1 saturated heterocycles. The molecule has 1 aliphatic heterocycles. The number of aryl methyl sites for hydroxylation is 1. The van der Waals surface area contributed by atoms with Gasteiger partial charge >= 0.3 is 0 Å². The minimum atomic E-state index is -0.476. The monoisotopic (exact) mass is 437 g/mol. The maximum Gasteiger partial charge on any atom is 0.269 e. The summed E-state index contributed by atoms with van der Waals surface area (Å²) in [5, 5.41) is 13.7. The number of non-ortho nitro benzene ring substituents is 1. The lowest BCUT2D eigenvalue weighted by atomic mass is 10.1. The summed E-state index contributed by atoms with van der Waals surface area (Å²) in [7, 11) is 0. The van der Waals surface area contributed by atoms with Crippen LogP contribution in [-0.2, 0) is 14.3 Å². The van der Waals surface area contributed by atoms with Crippen LogP contribution < -0.4 is 5.32 Å². The largest absolute Gasteiger partial charge is 0.376 e. The number of anilines is 1. The molecule has 1 fully saturated rings. The predicted octanol–water partition coefficient (Wildman–Crippen LogP) is 3.87. The molecule has 3 rings (SSSR count). The second kappa shape index (κ2) is 10.7. The van der Waals surface area contributed by atoms with Crippen molar-refractivity contribution in [3.63, 3.8) is 0 Å². The van der Waals surface area contributed by atoms with Crippen molar-refractivity contribution in [3.05, 3.63) is 75.3 Å². The number of hydrogen-bond donors (Lipinski definition) is 1. The number of amides is 2. The lowest BCUT2D eigenvalue weighted by molar-refractivity contribution is -0.384. The van der Waals surface area contributed by atoms with Gasteiger partial charge in [0.1, 0.15) is 6.54 Å². The summed E-state index contributed by atoms with van der Waals surface area (Å²) in [6.07, 6.45) is 4.63. The second-order valence-electron chi connectivity index (χ2n) is 7.83. The van der Waals surface area contributed by atoms with Gasteiger partial charge in [0.25, 0.3) is 5.69 Å². The molecule has 8 nitrogen and oxygen atoms in total. The van der Waals surface area contributed by atoms with Gasteiger partial charge in [0.05, 0.1) is 11.0 Å². The predicted molar refractivity (Wildman–Crippen MR) is 122 cm³/mol. The Hall–Kier alpha value is -3.52. The fourth-order valence-electron chi connectivity index (χ4n) is 3.50. The Bertz CT molecular complexity index is 1010. The third-order valence-corrected chi connectivity index (χ3v) is 5.50. The molecule has 2 amide bonds. The number of rotatable bonds is 8. The van der Waals surface area contributed by atoms with Gasteiger partial charge in [-0.05, 0) is 67.7 Å². The molecule has 2 aromatic rings. The third-order valence-electron chi connectivity index (χ3n) is 5.50. The van der Waals surface area contributed by atoms with E-state index in [1.54, 1.807) is 18.2 Å². The summed E-state index contributed by atoms with van der Waals surface area (Å²) in [5.74, 6) is -0.608. The van der Waals surface area contributed by atoms with E-state index in [0.717, 1.165) is 29.7 Å². The van der Waals surface area contributed by atoms with E-state index in [1.807, 2.05) is 32.0 Å². The number of nitro groups is 1. The number of carbonyl (C=O) groups is 2. The molecular weight excluding hydrogens is 410 g/mol. The highest BCUT2D eigenvalue weighted by Crippen LogP contribution is 2.19. The first-order chi connectivity index (χ1) is 15.3. The Morgan fingerprint density at radius 2 is 1.97 bits per heavy atom. The summed E-state index contributed by atoms with van der Waals surface area (Å²) in [4.78, 5) is 37.4. The maximum atomic E-state index is 12.9. The second-order valence-corrected chi connectivity index (χ2v) is 7.83. The molecule has 0 radical (unpaired) electrons. The van der Waals surface area contributed by atoms with Crippen molar-refractivity contribution in [1.82, 2.24) is 4.90 Å².